The zero-order valence-electron chi connectivity index (χ0n) is 4.15. The Morgan fingerprint density at radius 2 is 2.50 bits per heavy atom. The van der Waals surface area contributed by atoms with Crippen LogP contribution in [0.1, 0.15) is 6.42 Å². The smallest absolute Gasteiger partial charge is 0.0493 e. The molecule has 0 saturated heterocycles. The fourth-order valence-corrected chi connectivity index (χ4v) is 0.961. The second-order valence-corrected chi connectivity index (χ2v) is 2.40. The number of thiocarbonyl (C=S) groups is 1. The molecule has 2 heteroatoms. The van der Waals surface area contributed by atoms with E-state index in [0.717, 1.165) is 11.3 Å². The number of hydrogen-bond acceptors (Lipinski definition) is 1. The average Bonchev–Trinajstić information content (AvgIpc) is 1.64. The van der Waals surface area contributed by atoms with Gasteiger partial charge in [0, 0.05) is 22.4 Å². The first-order valence-corrected chi connectivity index (χ1v) is 3.06. The van der Waals surface area contributed by atoms with Crippen LogP contribution in [0.15, 0.2) is 17.2 Å². The molecule has 0 aromatic rings. The first-order chi connectivity index (χ1) is 3.79. The van der Waals surface area contributed by atoms with Gasteiger partial charge in [0.05, 0.1) is 0 Å². The van der Waals surface area contributed by atoms with Crippen molar-refractivity contribution in [3.05, 3.63) is 23.3 Å². The molecule has 0 fully saturated rings. The van der Waals surface area contributed by atoms with Gasteiger partial charge in [-0.25, -0.2) is 0 Å². The van der Waals surface area contributed by atoms with Gasteiger partial charge in [0.1, 0.15) is 0 Å². The Morgan fingerprint density at radius 1 is 1.75 bits per heavy atom. The first-order valence-electron chi connectivity index (χ1n) is 2.28. The van der Waals surface area contributed by atoms with Gasteiger partial charge < -0.3 is 0 Å². The largest absolute Gasteiger partial charge is 0.0838 e. The van der Waals surface area contributed by atoms with Gasteiger partial charge in [-0.1, -0.05) is 29.9 Å². The van der Waals surface area contributed by atoms with Crippen molar-refractivity contribution in [1.29, 1.82) is 0 Å². The number of allylic oxidation sites excluding steroid dienone is 4. The zero-order chi connectivity index (χ0) is 5.98. The molecule has 1 aliphatic carbocycles. The van der Waals surface area contributed by atoms with Crippen LogP contribution in [0.4, 0.5) is 0 Å². The van der Waals surface area contributed by atoms with Crippen molar-refractivity contribution in [3.8, 4) is 0 Å². The van der Waals surface area contributed by atoms with Crippen molar-refractivity contribution in [2.75, 3.05) is 0 Å². The summed E-state index contributed by atoms with van der Waals surface area (Å²) in [6, 6.07) is 0. The maximum atomic E-state index is 5.54. The molecule has 0 aliphatic heterocycles. The highest BCUT2D eigenvalue weighted by atomic mass is 35.5. The van der Waals surface area contributed by atoms with E-state index in [2.05, 4.69) is 6.08 Å². The van der Waals surface area contributed by atoms with Crippen LogP contribution in [0, 0.1) is 6.08 Å². The summed E-state index contributed by atoms with van der Waals surface area (Å²) in [5.41, 5.74) is 0. The van der Waals surface area contributed by atoms with E-state index in [0.29, 0.717) is 5.03 Å². The van der Waals surface area contributed by atoms with E-state index in [1.165, 1.54) is 0 Å². The third-order valence-corrected chi connectivity index (χ3v) is 1.32. The fourth-order valence-electron chi connectivity index (χ4n) is 0.495. The van der Waals surface area contributed by atoms with Crippen molar-refractivity contribution in [2.45, 2.75) is 6.42 Å². The number of hydrogen-bond donors (Lipinski definition) is 0. The molecule has 8 heavy (non-hydrogen) atoms. The zero-order valence-corrected chi connectivity index (χ0v) is 5.72. The molecule has 0 nitrogen and oxygen atoms in total. The van der Waals surface area contributed by atoms with Crippen LogP contribution in [-0.4, -0.2) is 4.86 Å². The van der Waals surface area contributed by atoms with Crippen molar-refractivity contribution >= 4 is 28.7 Å². The molecule has 1 radical (unpaired) electrons. The molecular weight excluding hydrogens is 140 g/mol. The highest BCUT2D eigenvalue weighted by Crippen LogP contribution is 2.09. The summed E-state index contributed by atoms with van der Waals surface area (Å²) in [5.74, 6) is 0. The summed E-state index contributed by atoms with van der Waals surface area (Å²) in [6.45, 7) is 0. The van der Waals surface area contributed by atoms with Gasteiger partial charge in [-0.3, -0.25) is 0 Å². The SMILES string of the molecule is S=C1[C]=C(Cl)C=CC1. The van der Waals surface area contributed by atoms with Gasteiger partial charge in [-0.15, -0.1) is 0 Å². The summed E-state index contributed by atoms with van der Waals surface area (Å²) >= 11 is 10.4. The van der Waals surface area contributed by atoms with Crippen LogP contribution < -0.4 is 0 Å². The van der Waals surface area contributed by atoms with Crippen LogP contribution in [0.3, 0.4) is 0 Å². The third-order valence-electron chi connectivity index (χ3n) is 0.826. The van der Waals surface area contributed by atoms with E-state index in [9.17, 15) is 0 Å². The lowest BCUT2D eigenvalue weighted by molar-refractivity contribution is 1.48. The number of rotatable bonds is 0. The van der Waals surface area contributed by atoms with Crippen LogP contribution in [0.2, 0.25) is 0 Å². The van der Waals surface area contributed by atoms with Gasteiger partial charge in [-0.05, 0) is 6.08 Å². The number of halogens is 1. The van der Waals surface area contributed by atoms with Crippen molar-refractivity contribution in [2.24, 2.45) is 0 Å². The van der Waals surface area contributed by atoms with Crippen LogP contribution in [0.25, 0.3) is 0 Å². The monoisotopic (exact) mass is 143 g/mol. The van der Waals surface area contributed by atoms with Crippen molar-refractivity contribution < 1.29 is 0 Å². The Balaban J connectivity index is 2.77. The molecule has 0 bridgehead atoms. The van der Waals surface area contributed by atoms with Gasteiger partial charge in [0.2, 0.25) is 0 Å². The highest BCUT2D eigenvalue weighted by Gasteiger charge is 1.96. The Morgan fingerprint density at radius 3 is 2.88 bits per heavy atom. The van der Waals surface area contributed by atoms with Gasteiger partial charge in [-0.2, -0.15) is 0 Å². The molecule has 0 heterocycles. The molecule has 41 valence electrons. The molecule has 1 aliphatic rings. The van der Waals surface area contributed by atoms with Crippen LogP contribution in [0.5, 0.6) is 0 Å². The minimum absolute atomic E-state index is 0.612. The van der Waals surface area contributed by atoms with Crippen LogP contribution in [-0.2, 0) is 0 Å². The predicted octanol–water partition coefficient (Wildman–Crippen LogP) is 2.24. The predicted molar refractivity (Wildman–Crippen MR) is 39.0 cm³/mol. The second kappa shape index (κ2) is 2.42. The summed E-state index contributed by atoms with van der Waals surface area (Å²) in [6.07, 6.45) is 7.35. The van der Waals surface area contributed by atoms with Gasteiger partial charge in [0.15, 0.2) is 0 Å². The minimum atomic E-state index is 0.612. The molecule has 0 saturated carbocycles. The molecule has 0 amide bonds. The topological polar surface area (TPSA) is 0 Å². The van der Waals surface area contributed by atoms with Crippen molar-refractivity contribution in [1.82, 2.24) is 0 Å². The van der Waals surface area contributed by atoms with E-state index in [-0.39, 0.29) is 0 Å². The Kier molecular flexibility index (Phi) is 1.81. The third kappa shape index (κ3) is 1.42. The van der Waals surface area contributed by atoms with Crippen LogP contribution >= 0.6 is 23.8 Å². The van der Waals surface area contributed by atoms with E-state index in [1.54, 1.807) is 6.08 Å². The quantitative estimate of drug-likeness (QED) is 0.469. The molecule has 0 spiro atoms. The molecule has 0 unspecified atom stereocenters. The summed E-state index contributed by atoms with van der Waals surface area (Å²) in [7, 11) is 0. The van der Waals surface area contributed by atoms with Gasteiger partial charge in [0.25, 0.3) is 0 Å². The second-order valence-electron chi connectivity index (χ2n) is 1.50. The molecule has 0 aromatic carbocycles. The minimum Gasteiger partial charge on any atom is -0.0838 e. The Labute approximate surface area is 58.8 Å². The van der Waals surface area contributed by atoms with E-state index < -0.39 is 0 Å². The molecule has 0 aromatic heterocycles. The fraction of sp³-hybridized carbons (Fsp3) is 0.167. The lowest BCUT2D eigenvalue weighted by Gasteiger charge is -1.96. The summed E-state index contributed by atoms with van der Waals surface area (Å²) < 4.78 is 0. The highest BCUT2D eigenvalue weighted by molar-refractivity contribution is 7.80. The molecule has 1 rings (SSSR count). The normalized spacial score (nSPS) is 18.6. The van der Waals surface area contributed by atoms with E-state index in [4.69, 9.17) is 23.8 Å². The first kappa shape index (κ1) is 5.99. The molecule has 0 N–H and O–H groups in total. The summed E-state index contributed by atoms with van der Waals surface area (Å²) in [4.78, 5) is 0.789. The Hall–Kier alpha value is -0.140. The standard InChI is InChI=1S/C6H4ClS/c7-5-2-1-3-6(8)4-5/h1-2H,3H2. The van der Waals surface area contributed by atoms with E-state index >= 15 is 0 Å². The average molecular weight is 144 g/mol. The Bertz CT molecular complexity index is 167. The maximum Gasteiger partial charge on any atom is 0.0493 e. The summed E-state index contributed by atoms with van der Waals surface area (Å²) in [5, 5.41) is 0.612. The maximum absolute atomic E-state index is 5.54. The lowest BCUT2D eigenvalue weighted by atomic mass is 10.2. The van der Waals surface area contributed by atoms with E-state index in [1.807, 2.05) is 6.08 Å². The van der Waals surface area contributed by atoms with Crippen molar-refractivity contribution in [3.63, 3.8) is 0 Å². The molecular formula is C6H4ClS. The molecule has 0 atom stereocenters. The lowest BCUT2D eigenvalue weighted by Crippen LogP contribution is -1.91. The van der Waals surface area contributed by atoms with Gasteiger partial charge >= 0.3 is 0 Å².